The van der Waals surface area contributed by atoms with Crippen LogP contribution in [0.25, 0.3) is 32.6 Å². The minimum atomic E-state index is -4.87. The largest absolute Gasteiger partial charge is 0.507 e. The average Bonchev–Trinajstić information content (AvgIpc) is 2.99. The molecule has 6 aromatic rings. The maximum Gasteiger partial charge on any atom is 0.339 e. The van der Waals surface area contributed by atoms with E-state index >= 15 is 0 Å². The summed E-state index contributed by atoms with van der Waals surface area (Å²) in [5.74, 6) is -2.49. The summed E-state index contributed by atoms with van der Waals surface area (Å²) in [6.45, 7) is 0. The van der Waals surface area contributed by atoms with Gasteiger partial charge in [-0.2, -0.15) is 33.7 Å². The van der Waals surface area contributed by atoms with Gasteiger partial charge in [0.2, 0.25) is 0 Å². The second kappa shape index (κ2) is 11.2. The van der Waals surface area contributed by atoms with Gasteiger partial charge in [-0.25, -0.2) is 0 Å². The highest BCUT2D eigenvalue weighted by molar-refractivity contribution is 7.87. The molecule has 4 aromatic carbocycles. The van der Waals surface area contributed by atoms with Gasteiger partial charge in [-0.05, 0) is 66.0 Å². The fourth-order valence-corrected chi connectivity index (χ4v) is 8.22. The third-order valence-electron chi connectivity index (χ3n) is 6.87. The number of hydrogen-bond acceptors (Lipinski definition) is 14. The number of hydrogen-bond donors (Lipinski definition) is 4. The van der Waals surface area contributed by atoms with E-state index in [0.717, 1.165) is 48.5 Å². The molecule has 0 saturated heterocycles. The summed E-state index contributed by atoms with van der Waals surface area (Å²) in [5, 5.41) is 20.3. The van der Waals surface area contributed by atoms with E-state index in [0.29, 0.717) is 0 Å². The van der Waals surface area contributed by atoms with Crippen LogP contribution in [-0.4, -0.2) is 63.0 Å². The van der Waals surface area contributed by atoms with E-state index in [2.05, 4.69) is 9.97 Å². The van der Waals surface area contributed by atoms with Crippen LogP contribution in [-0.2, 0) is 40.5 Å². The summed E-state index contributed by atoms with van der Waals surface area (Å²) in [7, 11) is -19.2. The summed E-state index contributed by atoms with van der Waals surface area (Å²) in [5.41, 5.74) is -0.507. The molecule has 0 unspecified atom stereocenters. The lowest BCUT2D eigenvalue weighted by atomic mass is 10.1. The summed E-state index contributed by atoms with van der Waals surface area (Å²) in [4.78, 5) is 5.32. The number of aromatic nitrogens is 2. The van der Waals surface area contributed by atoms with Gasteiger partial charge in [0.25, 0.3) is 20.2 Å². The molecule has 2 aromatic heterocycles. The lowest BCUT2D eigenvalue weighted by Crippen LogP contribution is -2.12. The molecule has 0 aliphatic rings. The molecular formula is C28H18N2O14S4. The van der Waals surface area contributed by atoms with Crippen molar-refractivity contribution < 1.29 is 61.4 Å². The van der Waals surface area contributed by atoms with E-state index in [4.69, 9.17) is 8.37 Å². The van der Waals surface area contributed by atoms with Crippen LogP contribution >= 0.6 is 0 Å². The van der Waals surface area contributed by atoms with Gasteiger partial charge in [0, 0.05) is 35.3 Å². The summed E-state index contributed by atoms with van der Waals surface area (Å²) in [6, 6.07) is 12.0. The van der Waals surface area contributed by atoms with Crippen LogP contribution in [0.5, 0.6) is 23.0 Å². The van der Waals surface area contributed by atoms with Crippen molar-refractivity contribution in [2.75, 3.05) is 0 Å². The molecule has 0 bridgehead atoms. The van der Waals surface area contributed by atoms with Gasteiger partial charge in [-0.1, -0.05) is 0 Å². The van der Waals surface area contributed by atoms with Gasteiger partial charge in [-0.3, -0.25) is 19.1 Å². The first kappa shape index (κ1) is 32.8. The molecule has 0 fully saturated rings. The third-order valence-corrected chi connectivity index (χ3v) is 11.1. The molecule has 48 heavy (non-hydrogen) atoms. The first-order valence-electron chi connectivity index (χ1n) is 13.0. The third kappa shape index (κ3) is 5.91. The Morgan fingerprint density at radius 2 is 0.938 bits per heavy atom. The number of phenolic OH excluding ortho intramolecular Hbond substituents is 2. The zero-order chi connectivity index (χ0) is 34.8. The van der Waals surface area contributed by atoms with Crippen LogP contribution in [0.4, 0.5) is 0 Å². The second-order valence-electron chi connectivity index (χ2n) is 9.93. The van der Waals surface area contributed by atoms with Crippen molar-refractivity contribution in [1.29, 1.82) is 0 Å². The number of pyridine rings is 2. The fraction of sp³-hybridized carbons (Fsp3) is 0. The Morgan fingerprint density at radius 1 is 0.542 bits per heavy atom. The highest BCUT2D eigenvalue weighted by Gasteiger charge is 2.27. The molecule has 0 aliphatic carbocycles. The van der Waals surface area contributed by atoms with Crippen LogP contribution in [0.2, 0.25) is 0 Å². The van der Waals surface area contributed by atoms with Crippen molar-refractivity contribution in [3.63, 3.8) is 0 Å². The zero-order valence-electron chi connectivity index (χ0n) is 23.5. The highest BCUT2D eigenvalue weighted by Crippen LogP contribution is 2.39. The quantitative estimate of drug-likeness (QED) is 0.129. The van der Waals surface area contributed by atoms with Crippen LogP contribution in [0, 0.1) is 0 Å². The van der Waals surface area contributed by atoms with E-state index in [9.17, 15) is 53.0 Å². The number of rotatable bonds is 8. The molecule has 248 valence electrons. The van der Waals surface area contributed by atoms with Gasteiger partial charge in [-0.15, -0.1) is 0 Å². The first-order valence-corrected chi connectivity index (χ1v) is 18.7. The standard InChI is InChI=1S/C28H18N2O14S4/c31-20-13-16(47(39,40)43-22-5-7-24(45(33,34)35)18-3-1-9-29-27(18)22)11-15-12-17(14-21(32)26(15)20)48(41,42)44-23-6-8-25(46(36,37)38)19-4-2-10-30-28(19)23/h1-14,31-32H,(H,33,34,35)(H,36,37,38). The molecule has 0 aliphatic heterocycles. The maximum atomic E-state index is 13.4. The Kier molecular flexibility index (Phi) is 7.69. The average molecular weight is 735 g/mol. The summed E-state index contributed by atoms with van der Waals surface area (Å²) < 4.78 is 130. The van der Waals surface area contributed by atoms with Crippen molar-refractivity contribution in [1.82, 2.24) is 9.97 Å². The van der Waals surface area contributed by atoms with Crippen LogP contribution in [0.3, 0.4) is 0 Å². The highest BCUT2D eigenvalue weighted by atomic mass is 32.2. The van der Waals surface area contributed by atoms with Gasteiger partial charge < -0.3 is 18.6 Å². The monoisotopic (exact) mass is 734 g/mol. The zero-order valence-corrected chi connectivity index (χ0v) is 26.7. The maximum absolute atomic E-state index is 13.4. The molecule has 0 radical (unpaired) electrons. The van der Waals surface area contributed by atoms with Crippen molar-refractivity contribution in [3.05, 3.63) is 85.2 Å². The smallest absolute Gasteiger partial charge is 0.339 e. The normalized spacial score (nSPS) is 12.8. The molecule has 0 saturated carbocycles. The second-order valence-corrected chi connectivity index (χ2v) is 15.8. The first-order chi connectivity index (χ1) is 22.4. The number of benzene rings is 4. The molecule has 4 N–H and O–H groups in total. The number of nitrogens with zero attached hydrogens (tertiary/aromatic N) is 2. The Hall–Kier alpha value is -5.12. The van der Waals surface area contributed by atoms with E-state index < -0.39 is 83.1 Å². The Balaban J connectivity index is 1.42. The molecule has 6 rings (SSSR count). The van der Waals surface area contributed by atoms with Gasteiger partial charge in [0.1, 0.15) is 42.1 Å². The van der Waals surface area contributed by atoms with Crippen LogP contribution < -0.4 is 8.37 Å². The van der Waals surface area contributed by atoms with Crippen molar-refractivity contribution in [3.8, 4) is 23.0 Å². The van der Waals surface area contributed by atoms with Crippen molar-refractivity contribution in [2.45, 2.75) is 19.6 Å². The Bertz CT molecular complexity index is 2600. The van der Waals surface area contributed by atoms with Gasteiger partial charge in [0.15, 0.2) is 11.5 Å². The molecule has 0 spiro atoms. The Labute approximate surface area is 271 Å². The summed E-state index contributed by atoms with van der Waals surface area (Å²) in [6.07, 6.45) is 2.43. The van der Waals surface area contributed by atoms with Gasteiger partial charge >= 0.3 is 20.2 Å². The lowest BCUT2D eigenvalue weighted by Gasteiger charge is -2.14. The minimum absolute atomic E-state index is 0.163. The predicted molar refractivity (Wildman–Crippen MR) is 166 cm³/mol. The van der Waals surface area contributed by atoms with E-state index in [1.807, 2.05) is 0 Å². The van der Waals surface area contributed by atoms with E-state index in [1.54, 1.807) is 0 Å². The van der Waals surface area contributed by atoms with Crippen LogP contribution in [0.15, 0.2) is 105 Å². The predicted octanol–water partition coefficient (Wildman–Crippen LogP) is 3.38. The van der Waals surface area contributed by atoms with Crippen molar-refractivity contribution >= 4 is 73.1 Å². The lowest BCUT2D eigenvalue weighted by molar-refractivity contribution is 0.457. The molecule has 0 atom stereocenters. The number of aromatic hydroxyl groups is 2. The molecular weight excluding hydrogens is 717 g/mol. The van der Waals surface area contributed by atoms with Crippen LogP contribution in [0.1, 0.15) is 0 Å². The van der Waals surface area contributed by atoms with Crippen molar-refractivity contribution in [2.24, 2.45) is 0 Å². The Morgan fingerprint density at radius 3 is 1.31 bits per heavy atom. The van der Waals surface area contributed by atoms with E-state index in [1.165, 1.54) is 36.7 Å². The van der Waals surface area contributed by atoms with E-state index in [-0.39, 0.29) is 32.6 Å². The summed E-state index contributed by atoms with van der Waals surface area (Å²) >= 11 is 0. The number of phenols is 2. The molecule has 0 amide bonds. The number of fused-ring (bicyclic) bond motifs is 3. The molecule has 2 heterocycles. The fourth-order valence-electron chi connectivity index (χ4n) is 4.86. The molecule has 16 nitrogen and oxygen atoms in total. The minimum Gasteiger partial charge on any atom is -0.507 e. The topological polar surface area (TPSA) is 262 Å². The van der Waals surface area contributed by atoms with Gasteiger partial charge in [0.05, 0.1) is 5.39 Å². The SMILES string of the molecule is O=S(=O)(O)c1ccc(OS(=O)(=O)c2cc(O)c3c(O)cc(S(=O)(=O)Oc4ccc(S(=O)(=O)O)c5cccnc45)cc3c2)c2ncccc12. The molecule has 20 heteroatoms.